The van der Waals surface area contributed by atoms with E-state index in [0.717, 1.165) is 11.1 Å². The number of nitrogens with zero attached hydrogens (tertiary/aromatic N) is 1. The Morgan fingerprint density at radius 2 is 2.10 bits per heavy atom. The van der Waals surface area contributed by atoms with Crippen LogP contribution in [0, 0.1) is 19.7 Å². The van der Waals surface area contributed by atoms with E-state index in [-0.39, 0.29) is 5.56 Å². The largest absolute Gasteiger partial charge is 0.399 e. The number of amides is 1. The fourth-order valence-electron chi connectivity index (χ4n) is 1.92. The first-order valence-electron chi connectivity index (χ1n) is 6.22. The molecule has 0 aliphatic heterocycles. The Labute approximate surface area is 116 Å². The van der Waals surface area contributed by atoms with E-state index in [1.165, 1.54) is 12.1 Å². The third-order valence-electron chi connectivity index (χ3n) is 3.11. The predicted molar refractivity (Wildman–Crippen MR) is 75.7 cm³/mol. The molecule has 1 heterocycles. The molecule has 0 spiro atoms. The highest BCUT2D eigenvalue weighted by Crippen LogP contribution is 2.17. The van der Waals surface area contributed by atoms with Crippen molar-refractivity contribution in [1.29, 1.82) is 0 Å². The van der Waals surface area contributed by atoms with Gasteiger partial charge in [0.2, 0.25) is 0 Å². The molecule has 4 nitrogen and oxygen atoms in total. The highest BCUT2D eigenvalue weighted by atomic mass is 19.1. The smallest absolute Gasteiger partial charge is 0.254 e. The van der Waals surface area contributed by atoms with Gasteiger partial charge in [0.05, 0.1) is 5.56 Å². The SMILES string of the molecule is Cc1ccncc1CNC(=O)c1cc(N)cc(C)c1F. The summed E-state index contributed by atoms with van der Waals surface area (Å²) < 4.78 is 13.9. The second-order valence-electron chi connectivity index (χ2n) is 4.68. The second-order valence-corrected chi connectivity index (χ2v) is 4.68. The number of carbonyl (C=O) groups excluding carboxylic acids is 1. The Morgan fingerprint density at radius 3 is 2.80 bits per heavy atom. The van der Waals surface area contributed by atoms with Crippen LogP contribution < -0.4 is 11.1 Å². The maximum atomic E-state index is 13.9. The minimum absolute atomic E-state index is 0.0379. The Kier molecular flexibility index (Phi) is 3.98. The van der Waals surface area contributed by atoms with Gasteiger partial charge in [-0.15, -0.1) is 0 Å². The van der Waals surface area contributed by atoms with Crippen LogP contribution >= 0.6 is 0 Å². The molecular weight excluding hydrogens is 257 g/mol. The molecular formula is C15H16FN3O. The fraction of sp³-hybridized carbons (Fsp3) is 0.200. The number of benzene rings is 1. The van der Waals surface area contributed by atoms with Crippen LogP contribution in [-0.4, -0.2) is 10.9 Å². The molecule has 1 aromatic carbocycles. The number of nitrogen functional groups attached to an aromatic ring is 1. The molecule has 0 fully saturated rings. The van der Waals surface area contributed by atoms with Crippen molar-refractivity contribution < 1.29 is 9.18 Å². The van der Waals surface area contributed by atoms with Crippen molar-refractivity contribution in [2.75, 3.05) is 5.73 Å². The number of aromatic nitrogens is 1. The van der Waals surface area contributed by atoms with Gasteiger partial charge >= 0.3 is 0 Å². The zero-order valence-electron chi connectivity index (χ0n) is 11.4. The summed E-state index contributed by atoms with van der Waals surface area (Å²) in [7, 11) is 0. The van der Waals surface area contributed by atoms with Crippen LogP contribution in [0.4, 0.5) is 10.1 Å². The molecule has 0 atom stereocenters. The molecule has 3 N–H and O–H groups in total. The Hall–Kier alpha value is -2.43. The Bertz CT molecular complexity index is 656. The van der Waals surface area contributed by atoms with E-state index in [1.807, 2.05) is 13.0 Å². The summed E-state index contributed by atoms with van der Waals surface area (Å²) in [6.07, 6.45) is 3.36. The predicted octanol–water partition coefficient (Wildman–Crippen LogP) is 2.35. The fourth-order valence-corrected chi connectivity index (χ4v) is 1.92. The lowest BCUT2D eigenvalue weighted by molar-refractivity contribution is 0.0946. The van der Waals surface area contributed by atoms with Gasteiger partial charge in [0.25, 0.3) is 5.91 Å². The number of halogens is 1. The minimum Gasteiger partial charge on any atom is -0.399 e. The summed E-state index contributed by atoms with van der Waals surface area (Å²) in [6, 6.07) is 4.69. The maximum absolute atomic E-state index is 13.9. The summed E-state index contributed by atoms with van der Waals surface area (Å²) in [5.74, 6) is -1.03. The van der Waals surface area contributed by atoms with Gasteiger partial charge < -0.3 is 11.1 Å². The van der Waals surface area contributed by atoms with Crippen LogP contribution in [-0.2, 0) is 6.54 Å². The van der Waals surface area contributed by atoms with Crippen molar-refractivity contribution in [3.8, 4) is 0 Å². The van der Waals surface area contributed by atoms with Crippen LogP contribution in [0.5, 0.6) is 0 Å². The third-order valence-corrected chi connectivity index (χ3v) is 3.11. The van der Waals surface area contributed by atoms with Crippen molar-refractivity contribution in [3.63, 3.8) is 0 Å². The van der Waals surface area contributed by atoms with Crippen molar-refractivity contribution in [3.05, 3.63) is 58.7 Å². The molecule has 1 aromatic heterocycles. The topological polar surface area (TPSA) is 68.0 Å². The van der Waals surface area contributed by atoms with Gasteiger partial charge in [0.1, 0.15) is 5.82 Å². The van der Waals surface area contributed by atoms with Crippen LogP contribution in [0.1, 0.15) is 27.0 Å². The van der Waals surface area contributed by atoms with Gasteiger partial charge in [0, 0.05) is 24.6 Å². The van der Waals surface area contributed by atoms with Crippen molar-refractivity contribution in [2.24, 2.45) is 0 Å². The molecule has 20 heavy (non-hydrogen) atoms. The number of nitrogens with two attached hydrogens (primary N) is 1. The van der Waals surface area contributed by atoms with Crippen LogP contribution in [0.25, 0.3) is 0 Å². The number of carbonyl (C=O) groups is 1. The van der Waals surface area contributed by atoms with Crippen LogP contribution in [0.15, 0.2) is 30.6 Å². The minimum atomic E-state index is -0.542. The molecule has 0 aliphatic carbocycles. The first kappa shape index (κ1) is 14.0. The average molecular weight is 273 g/mol. The van der Waals surface area contributed by atoms with Crippen LogP contribution in [0.2, 0.25) is 0 Å². The number of rotatable bonds is 3. The van der Waals surface area contributed by atoms with Crippen molar-refractivity contribution in [1.82, 2.24) is 10.3 Å². The van der Waals surface area contributed by atoms with Gasteiger partial charge in [-0.05, 0) is 48.7 Å². The molecule has 104 valence electrons. The summed E-state index contributed by atoms with van der Waals surface area (Å²) >= 11 is 0. The summed E-state index contributed by atoms with van der Waals surface area (Å²) in [5, 5.41) is 2.68. The monoisotopic (exact) mass is 273 g/mol. The van der Waals surface area contributed by atoms with Crippen LogP contribution in [0.3, 0.4) is 0 Å². The number of pyridine rings is 1. The zero-order valence-corrected chi connectivity index (χ0v) is 11.4. The quantitative estimate of drug-likeness (QED) is 0.843. The summed E-state index contributed by atoms with van der Waals surface area (Å²) in [4.78, 5) is 16.0. The van der Waals surface area contributed by atoms with E-state index in [4.69, 9.17) is 5.73 Å². The van der Waals surface area contributed by atoms with Gasteiger partial charge in [-0.3, -0.25) is 9.78 Å². The van der Waals surface area contributed by atoms with E-state index in [1.54, 1.807) is 19.3 Å². The molecule has 0 bridgehead atoms. The molecule has 1 amide bonds. The standard InChI is InChI=1S/C15H16FN3O/c1-9-3-4-18-7-11(9)8-19-15(20)13-6-12(17)5-10(2)14(13)16/h3-7H,8,17H2,1-2H3,(H,19,20). The summed E-state index contributed by atoms with van der Waals surface area (Å²) in [5.41, 5.74) is 8.23. The molecule has 0 unspecified atom stereocenters. The molecule has 0 radical (unpaired) electrons. The molecule has 0 saturated carbocycles. The lowest BCUT2D eigenvalue weighted by Crippen LogP contribution is -2.24. The third kappa shape index (κ3) is 2.93. The van der Waals surface area contributed by atoms with E-state index in [9.17, 15) is 9.18 Å². The number of hydrogen-bond donors (Lipinski definition) is 2. The Morgan fingerprint density at radius 1 is 1.35 bits per heavy atom. The number of aryl methyl sites for hydroxylation is 2. The van der Waals surface area contributed by atoms with Gasteiger partial charge in [-0.1, -0.05) is 0 Å². The van der Waals surface area contributed by atoms with E-state index < -0.39 is 11.7 Å². The van der Waals surface area contributed by atoms with Crippen molar-refractivity contribution >= 4 is 11.6 Å². The Balaban J connectivity index is 2.15. The molecule has 2 aromatic rings. The van der Waals surface area contributed by atoms with E-state index in [2.05, 4.69) is 10.3 Å². The van der Waals surface area contributed by atoms with Gasteiger partial charge in [-0.2, -0.15) is 0 Å². The lowest BCUT2D eigenvalue weighted by atomic mass is 10.1. The molecule has 5 heteroatoms. The maximum Gasteiger partial charge on any atom is 0.254 e. The highest BCUT2D eigenvalue weighted by molar-refractivity contribution is 5.95. The van der Waals surface area contributed by atoms with Gasteiger partial charge in [-0.25, -0.2) is 4.39 Å². The van der Waals surface area contributed by atoms with E-state index in [0.29, 0.717) is 17.8 Å². The first-order valence-corrected chi connectivity index (χ1v) is 6.22. The molecule has 0 aliphatic rings. The number of nitrogens with one attached hydrogen (secondary N) is 1. The molecule has 2 rings (SSSR count). The number of anilines is 1. The van der Waals surface area contributed by atoms with Gasteiger partial charge in [0.15, 0.2) is 0 Å². The zero-order chi connectivity index (χ0) is 14.7. The highest BCUT2D eigenvalue weighted by Gasteiger charge is 2.14. The lowest BCUT2D eigenvalue weighted by Gasteiger charge is -2.10. The first-order chi connectivity index (χ1) is 9.49. The second kappa shape index (κ2) is 5.69. The van der Waals surface area contributed by atoms with E-state index >= 15 is 0 Å². The van der Waals surface area contributed by atoms with Crippen molar-refractivity contribution in [2.45, 2.75) is 20.4 Å². The average Bonchev–Trinajstić information content (AvgIpc) is 2.41. The molecule has 0 saturated heterocycles. The summed E-state index contributed by atoms with van der Waals surface area (Å²) in [6.45, 7) is 3.80. The number of hydrogen-bond acceptors (Lipinski definition) is 3. The normalized spacial score (nSPS) is 10.3.